The van der Waals surface area contributed by atoms with Crippen molar-refractivity contribution in [1.82, 2.24) is 10.2 Å². The lowest BCUT2D eigenvalue weighted by atomic mass is 10.1. The Labute approximate surface area is 113 Å². The lowest BCUT2D eigenvalue weighted by molar-refractivity contribution is 0.0697. The van der Waals surface area contributed by atoms with Gasteiger partial charge in [-0.25, -0.2) is 9.59 Å². The van der Waals surface area contributed by atoms with Crippen LogP contribution in [0.3, 0.4) is 0 Å². The van der Waals surface area contributed by atoms with E-state index >= 15 is 0 Å². The number of nitrogens with one attached hydrogen (secondary N) is 1. The molecular formula is C14H20N2O3. The van der Waals surface area contributed by atoms with Gasteiger partial charge >= 0.3 is 12.0 Å². The Bertz CT molecular complexity index is 429. The highest BCUT2D eigenvalue weighted by atomic mass is 16.4. The molecule has 0 aliphatic carbocycles. The van der Waals surface area contributed by atoms with Crippen LogP contribution in [0.1, 0.15) is 35.7 Å². The summed E-state index contributed by atoms with van der Waals surface area (Å²) in [6.07, 6.45) is 2.03. The minimum atomic E-state index is -0.949. The second kappa shape index (κ2) is 7.41. The smallest absolute Gasteiger partial charge is 0.335 e. The maximum absolute atomic E-state index is 11.7. The molecule has 0 aliphatic heterocycles. The highest BCUT2D eigenvalue weighted by Gasteiger charge is 2.07. The summed E-state index contributed by atoms with van der Waals surface area (Å²) in [4.78, 5) is 24.1. The third-order valence-corrected chi connectivity index (χ3v) is 2.84. The zero-order chi connectivity index (χ0) is 14.3. The van der Waals surface area contributed by atoms with Gasteiger partial charge in [0, 0.05) is 20.1 Å². The van der Waals surface area contributed by atoms with Crippen LogP contribution in [-0.4, -0.2) is 35.6 Å². The molecule has 2 amide bonds. The van der Waals surface area contributed by atoms with Crippen molar-refractivity contribution < 1.29 is 14.7 Å². The van der Waals surface area contributed by atoms with Gasteiger partial charge in [0.25, 0.3) is 0 Å². The van der Waals surface area contributed by atoms with Crippen LogP contribution in [0.15, 0.2) is 24.3 Å². The summed E-state index contributed by atoms with van der Waals surface area (Å²) in [5.41, 5.74) is 1.12. The number of nitrogens with zero attached hydrogens (tertiary/aromatic N) is 1. The highest BCUT2D eigenvalue weighted by Crippen LogP contribution is 2.04. The first-order valence-electron chi connectivity index (χ1n) is 6.35. The van der Waals surface area contributed by atoms with Crippen molar-refractivity contribution in [2.45, 2.75) is 26.3 Å². The zero-order valence-corrected chi connectivity index (χ0v) is 11.3. The summed E-state index contributed by atoms with van der Waals surface area (Å²) >= 11 is 0. The minimum absolute atomic E-state index is 0.115. The molecule has 1 aromatic carbocycles. The molecule has 0 atom stereocenters. The van der Waals surface area contributed by atoms with E-state index in [1.54, 1.807) is 24.1 Å². The molecule has 5 heteroatoms. The molecule has 0 radical (unpaired) electrons. The van der Waals surface area contributed by atoms with Crippen LogP contribution in [-0.2, 0) is 6.54 Å². The quantitative estimate of drug-likeness (QED) is 0.828. The number of carboxylic acids is 1. The van der Waals surface area contributed by atoms with E-state index < -0.39 is 5.97 Å². The largest absolute Gasteiger partial charge is 0.478 e. The zero-order valence-electron chi connectivity index (χ0n) is 11.3. The number of aromatic carboxylic acids is 1. The summed E-state index contributed by atoms with van der Waals surface area (Å²) in [7, 11) is 1.76. The maximum atomic E-state index is 11.7. The summed E-state index contributed by atoms with van der Waals surface area (Å²) in [6, 6.07) is 6.36. The van der Waals surface area contributed by atoms with E-state index in [4.69, 9.17) is 5.11 Å². The lowest BCUT2D eigenvalue weighted by Crippen LogP contribution is -2.37. The van der Waals surface area contributed by atoms with Crippen molar-refractivity contribution in [2.75, 3.05) is 13.6 Å². The molecular weight excluding hydrogens is 244 g/mol. The average Bonchev–Trinajstić information content (AvgIpc) is 2.42. The molecule has 1 rings (SSSR count). The first-order valence-corrected chi connectivity index (χ1v) is 6.35. The molecule has 0 fully saturated rings. The normalized spacial score (nSPS) is 10.0. The third-order valence-electron chi connectivity index (χ3n) is 2.84. The van der Waals surface area contributed by atoms with Crippen molar-refractivity contribution in [3.05, 3.63) is 35.4 Å². The molecule has 0 saturated heterocycles. The first-order chi connectivity index (χ1) is 9.04. The Hall–Kier alpha value is -2.04. The van der Waals surface area contributed by atoms with E-state index in [2.05, 4.69) is 12.2 Å². The Morgan fingerprint density at radius 2 is 1.89 bits per heavy atom. The SMILES string of the molecule is CCCCN(C)C(=O)NCc1ccc(C(=O)O)cc1. The lowest BCUT2D eigenvalue weighted by Gasteiger charge is -2.17. The predicted molar refractivity (Wildman–Crippen MR) is 73.2 cm³/mol. The fourth-order valence-electron chi connectivity index (χ4n) is 1.57. The summed E-state index contributed by atoms with van der Waals surface area (Å²) < 4.78 is 0. The van der Waals surface area contributed by atoms with Crippen LogP contribution in [0.4, 0.5) is 4.79 Å². The number of carbonyl (C=O) groups excluding carboxylic acids is 1. The average molecular weight is 264 g/mol. The van der Waals surface area contributed by atoms with Gasteiger partial charge in [0.1, 0.15) is 0 Å². The van der Waals surface area contributed by atoms with Crippen LogP contribution in [0, 0.1) is 0 Å². The molecule has 0 bridgehead atoms. The van der Waals surface area contributed by atoms with Crippen LogP contribution in [0.5, 0.6) is 0 Å². The molecule has 1 aromatic rings. The van der Waals surface area contributed by atoms with E-state index in [1.165, 1.54) is 12.1 Å². The molecule has 2 N–H and O–H groups in total. The summed E-state index contributed by atoms with van der Waals surface area (Å²) in [6.45, 7) is 3.21. The van der Waals surface area contributed by atoms with Crippen molar-refractivity contribution >= 4 is 12.0 Å². The van der Waals surface area contributed by atoms with Crippen molar-refractivity contribution in [3.8, 4) is 0 Å². The first kappa shape index (κ1) is 15.0. The van der Waals surface area contributed by atoms with E-state index in [9.17, 15) is 9.59 Å². The van der Waals surface area contributed by atoms with Crippen LogP contribution in [0.2, 0.25) is 0 Å². The summed E-state index contributed by atoms with van der Waals surface area (Å²) in [5, 5.41) is 11.6. The van der Waals surface area contributed by atoms with Crippen molar-refractivity contribution in [2.24, 2.45) is 0 Å². The second-order valence-corrected chi connectivity index (χ2v) is 4.44. The number of hydrogen-bond donors (Lipinski definition) is 2. The molecule has 0 unspecified atom stereocenters. The van der Waals surface area contributed by atoms with E-state index in [0.29, 0.717) is 6.54 Å². The standard InChI is InChI=1S/C14H20N2O3/c1-3-4-9-16(2)14(19)15-10-11-5-7-12(8-6-11)13(17)18/h5-8H,3-4,9-10H2,1-2H3,(H,15,19)(H,17,18). The molecule has 0 aliphatic rings. The fraction of sp³-hybridized carbons (Fsp3) is 0.429. The van der Waals surface area contributed by atoms with Gasteiger partial charge in [0.15, 0.2) is 0 Å². The van der Waals surface area contributed by atoms with Gasteiger partial charge in [-0.3, -0.25) is 0 Å². The third kappa shape index (κ3) is 4.99. The van der Waals surface area contributed by atoms with E-state index in [-0.39, 0.29) is 11.6 Å². The van der Waals surface area contributed by atoms with Gasteiger partial charge in [-0.2, -0.15) is 0 Å². The van der Waals surface area contributed by atoms with Gasteiger partial charge < -0.3 is 15.3 Å². The Balaban J connectivity index is 2.43. The van der Waals surface area contributed by atoms with Crippen molar-refractivity contribution in [1.29, 1.82) is 0 Å². The van der Waals surface area contributed by atoms with Crippen LogP contribution >= 0.6 is 0 Å². The number of benzene rings is 1. The Morgan fingerprint density at radius 1 is 1.26 bits per heavy atom. The van der Waals surface area contributed by atoms with Gasteiger partial charge in [-0.1, -0.05) is 25.5 Å². The van der Waals surface area contributed by atoms with Gasteiger partial charge in [0.05, 0.1) is 5.56 Å². The number of hydrogen-bond acceptors (Lipinski definition) is 2. The van der Waals surface area contributed by atoms with E-state index in [0.717, 1.165) is 24.9 Å². The number of urea groups is 1. The molecule has 0 spiro atoms. The highest BCUT2D eigenvalue weighted by molar-refractivity contribution is 5.87. The number of amides is 2. The fourth-order valence-corrected chi connectivity index (χ4v) is 1.57. The molecule has 5 nitrogen and oxygen atoms in total. The van der Waals surface area contributed by atoms with E-state index in [1.807, 2.05) is 0 Å². The molecule has 0 aromatic heterocycles. The minimum Gasteiger partial charge on any atom is -0.478 e. The molecule has 0 heterocycles. The maximum Gasteiger partial charge on any atom is 0.335 e. The summed E-state index contributed by atoms with van der Waals surface area (Å²) in [5.74, 6) is -0.949. The number of rotatable bonds is 6. The topological polar surface area (TPSA) is 69.6 Å². The Morgan fingerprint density at radius 3 is 2.42 bits per heavy atom. The van der Waals surface area contributed by atoms with Gasteiger partial charge in [-0.05, 0) is 24.1 Å². The molecule has 104 valence electrons. The van der Waals surface area contributed by atoms with Gasteiger partial charge in [0.2, 0.25) is 0 Å². The van der Waals surface area contributed by atoms with Crippen LogP contribution in [0.25, 0.3) is 0 Å². The van der Waals surface area contributed by atoms with Crippen LogP contribution < -0.4 is 5.32 Å². The molecule has 19 heavy (non-hydrogen) atoms. The predicted octanol–water partition coefficient (Wildman–Crippen LogP) is 2.33. The second-order valence-electron chi connectivity index (χ2n) is 4.44. The number of unbranched alkanes of at least 4 members (excludes halogenated alkanes) is 1. The van der Waals surface area contributed by atoms with Gasteiger partial charge in [-0.15, -0.1) is 0 Å². The monoisotopic (exact) mass is 264 g/mol. The number of carboxylic acid groups (broad SMARTS) is 1. The molecule has 0 saturated carbocycles. The Kier molecular flexibility index (Phi) is 5.85. The van der Waals surface area contributed by atoms with Crippen molar-refractivity contribution in [3.63, 3.8) is 0 Å². The number of carbonyl (C=O) groups is 2.